The van der Waals surface area contributed by atoms with Crippen LogP contribution in [-0.2, 0) is 6.54 Å². The van der Waals surface area contributed by atoms with Crippen LogP contribution < -0.4 is 10.1 Å². The first-order valence-electron chi connectivity index (χ1n) is 4.98. The van der Waals surface area contributed by atoms with Crippen LogP contribution in [0.15, 0.2) is 35.9 Å². The van der Waals surface area contributed by atoms with Gasteiger partial charge in [-0.05, 0) is 24.2 Å². The summed E-state index contributed by atoms with van der Waals surface area (Å²) in [4.78, 5) is 0. The average Bonchev–Trinajstić information content (AvgIpc) is 2.24. The SMILES string of the molecule is C=C(Cl)COc1cccc(CNCC)c1. The Morgan fingerprint density at radius 2 is 2.33 bits per heavy atom. The third kappa shape index (κ3) is 4.86. The number of halogens is 1. The standard InChI is InChI=1S/C12H16ClNO/c1-3-14-8-11-5-4-6-12(7-11)15-9-10(2)13/h4-7,14H,2-3,8-9H2,1H3. The molecule has 1 aromatic rings. The summed E-state index contributed by atoms with van der Waals surface area (Å²) < 4.78 is 5.43. The van der Waals surface area contributed by atoms with Gasteiger partial charge in [0.1, 0.15) is 12.4 Å². The van der Waals surface area contributed by atoms with Crippen molar-refractivity contribution in [3.05, 3.63) is 41.4 Å². The lowest BCUT2D eigenvalue weighted by molar-refractivity contribution is 0.359. The van der Waals surface area contributed by atoms with Crippen LogP contribution in [0.2, 0.25) is 0 Å². The minimum atomic E-state index is 0.353. The number of benzene rings is 1. The van der Waals surface area contributed by atoms with Crippen molar-refractivity contribution in [2.24, 2.45) is 0 Å². The fourth-order valence-corrected chi connectivity index (χ4v) is 1.23. The molecular formula is C12H16ClNO. The predicted octanol–water partition coefficient (Wildman–Crippen LogP) is 2.93. The zero-order valence-electron chi connectivity index (χ0n) is 8.92. The Labute approximate surface area is 95.9 Å². The van der Waals surface area contributed by atoms with Crippen molar-refractivity contribution in [1.82, 2.24) is 5.32 Å². The average molecular weight is 226 g/mol. The number of nitrogens with one attached hydrogen (secondary N) is 1. The summed E-state index contributed by atoms with van der Waals surface area (Å²) >= 11 is 5.62. The van der Waals surface area contributed by atoms with Crippen LogP contribution in [0, 0.1) is 0 Å². The van der Waals surface area contributed by atoms with Gasteiger partial charge in [-0.2, -0.15) is 0 Å². The predicted molar refractivity (Wildman–Crippen MR) is 64.3 cm³/mol. The molecule has 2 nitrogen and oxygen atoms in total. The third-order valence-corrected chi connectivity index (χ3v) is 1.98. The van der Waals surface area contributed by atoms with Gasteiger partial charge in [0.15, 0.2) is 0 Å². The first kappa shape index (κ1) is 12.1. The second-order valence-corrected chi connectivity index (χ2v) is 3.77. The first-order chi connectivity index (χ1) is 7.22. The Hall–Kier alpha value is -0.990. The van der Waals surface area contributed by atoms with Gasteiger partial charge in [-0.3, -0.25) is 0 Å². The molecule has 0 fully saturated rings. The summed E-state index contributed by atoms with van der Waals surface area (Å²) in [7, 11) is 0. The Kier molecular flexibility index (Phi) is 5.22. The van der Waals surface area contributed by atoms with Crippen molar-refractivity contribution in [3.8, 4) is 5.75 Å². The Morgan fingerprint density at radius 3 is 3.00 bits per heavy atom. The van der Waals surface area contributed by atoms with E-state index in [9.17, 15) is 0 Å². The van der Waals surface area contributed by atoms with Crippen molar-refractivity contribution in [2.45, 2.75) is 13.5 Å². The van der Waals surface area contributed by atoms with Gasteiger partial charge in [0.2, 0.25) is 0 Å². The lowest BCUT2D eigenvalue weighted by atomic mass is 10.2. The fraction of sp³-hybridized carbons (Fsp3) is 0.333. The second kappa shape index (κ2) is 6.49. The molecule has 0 spiro atoms. The van der Waals surface area contributed by atoms with E-state index >= 15 is 0 Å². The van der Waals surface area contributed by atoms with Gasteiger partial charge in [-0.15, -0.1) is 0 Å². The molecule has 0 heterocycles. The van der Waals surface area contributed by atoms with Gasteiger partial charge in [0.25, 0.3) is 0 Å². The summed E-state index contributed by atoms with van der Waals surface area (Å²) in [6.45, 7) is 7.82. The third-order valence-electron chi connectivity index (χ3n) is 1.87. The quantitative estimate of drug-likeness (QED) is 0.804. The van der Waals surface area contributed by atoms with Crippen LogP contribution in [0.25, 0.3) is 0 Å². The molecule has 0 aromatic heterocycles. The smallest absolute Gasteiger partial charge is 0.123 e. The van der Waals surface area contributed by atoms with Gasteiger partial charge in [0.05, 0.1) is 0 Å². The van der Waals surface area contributed by atoms with E-state index in [2.05, 4.69) is 24.9 Å². The van der Waals surface area contributed by atoms with E-state index in [0.29, 0.717) is 11.6 Å². The van der Waals surface area contributed by atoms with Gasteiger partial charge in [-0.25, -0.2) is 0 Å². The molecule has 0 amide bonds. The molecule has 0 aliphatic heterocycles. The van der Waals surface area contributed by atoms with Gasteiger partial charge < -0.3 is 10.1 Å². The Balaban J connectivity index is 2.53. The lowest BCUT2D eigenvalue weighted by Crippen LogP contribution is -2.11. The summed E-state index contributed by atoms with van der Waals surface area (Å²) in [5.74, 6) is 0.826. The number of ether oxygens (including phenoxy) is 1. The van der Waals surface area contributed by atoms with E-state index in [1.54, 1.807) is 0 Å². The molecule has 0 unspecified atom stereocenters. The summed E-state index contributed by atoms with van der Waals surface area (Å²) in [5.41, 5.74) is 1.20. The monoisotopic (exact) mass is 225 g/mol. The Bertz CT molecular complexity index is 325. The molecule has 1 aromatic carbocycles. The second-order valence-electron chi connectivity index (χ2n) is 3.23. The number of hydrogen-bond acceptors (Lipinski definition) is 2. The van der Waals surface area contributed by atoms with Crippen LogP contribution in [0.5, 0.6) is 5.75 Å². The molecule has 82 valence electrons. The van der Waals surface area contributed by atoms with Crippen molar-refractivity contribution in [2.75, 3.05) is 13.2 Å². The molecule has 0 aliphatic carbocycles. The topological polar surface area (TPSA) is 21.3 Å². The highest BCUT2D eigenvalue weighted by Crippen LogP contribution is 2.14. The molecule has 0 saturated carbocycles. The molecule has 3 heteroatoms. The summed E-state index contributed by atoms with van der Waals surface area (Å²) in [6, 6.07) is 7.95. The molecule has 1 rings (SSSR count). The van der Waals surface area contributed by atoms with Gasteiger partial charge in [-0.1, -0.05) is 37.2 Å². The summed E-state index contributed by atoms with van der Waals surface area (Å²) in [6.07, 6.45) is 0. The van der Waals surface area contributed by atoms with E-state index in [4.69, 9.17) is 16.3 Å². The van der Waals surface area contributed by atoms with Crippen LogP contribution >= 0.6 is 11.6 Å². The van der Waals surface area contributed by atoms with E-state index in [1.807, 2.05) is 18.2 Å². The van der Waals surface area contributed by atoms with Crippen molar-refractivity contribution in [1.29, 1.82) is 0 Å². The lowest BCUT2D eigenvalue weighted by Gasteiger charge is -2.07. The van der Waals surface area contributed by atoms with Crippen molar-refractivity contribution >= 4 is 11.6 Å². The Morgan fingerprint density at radius 1 is 1.53 bits per heavy atom. The fourth-order valence-electron chi connectivity index (χ4n) is 1.18. The molecule has 0 saturated heterocycles. The van der Waals surface area contributed by atoms with Gasteiger partial charge in [0, 0.05) is 11.6 Å². The summed E-state index contributed by atoms with van der Waals surface area (Å²) in [5, 5.41) is 3.76. The molecule has 15 heavy (non-hydrogen) atoms. The van der Waals surface area contributed by atoms with Crippen molar-refractivity contribution < 1.29 is 4.74 Å². The van der Waals surface area contributed by atoms with Crippen LogP contribution in [0.3, 0.4) is 0 Å². The van der Waals surface area contributed by atoms with Crippen LogP contribution in [0.1, 0.15) is 12.5 Å². The number of rotatable bonds is 6. The van der Waals surface area contributed by atoms with E-state index in [0.717, 1.165) is 18.8 Å². The largest absolute Gasteiger partial charge is 0.488 e. The van der Waals surface area contributed by atoms with Gasteiger partial charge >= 0.3 is 0 Å². The molecule has 0 radical (unpaired) electrons. The zero-order valence-corrected chi connectivity index (χ0v) is 9.68. The molecule has 0 bridgehead atoms. The molecule has 0 atom stereocenters. The maximum atomic E-state index is 5.62. The first-order valence-corrected chi connectivity index (χ1v) is 5.36. The highest BCUT2D eigenvalue weighted by molar-refractivity contribution is 6.29. The van der Waals surface area contributed by atoms with E-state index in [-0.39, 0.29) is 0 Å². The minimum Gasteiger partial charge on any atom is -0.488 e. The zero-order chi connectivity index (χ0) is 11.1. The molecule has 1 N–H and O–H groups in total. The maximum Gasteiger partial charge on any atom is 0.123 e. The van der Waals surface area contributed by atoms with E-state index < -0.39 is 0 Å². The van der Waals surface area contributed by atoms with Crippen LogP contribution in [0.4, 0.5) is 0 Å². The maximum absolute atomic E-state index is 5.62. The van der Waals surface area contributed by atoms with Crippen LogP contribution in [-0.4, -0.2) is 13.2 Å². The molecule has 0 aliphatic rings. The normalized spacial score (nSPS) is 10.0. The van der Waals surface area contributed by atoms with E-state index in [1.165, 1.54) is 5.56 Å². The highest BCUT2D eigenvalue weighted by atomic mass is 35.5. The molecular weight excluding hydrogens is 210 g/mol. The minimum absolute atomic E-state index is 0.353. The van der Waals surface area contributed by atoms with Crippen molar-refractivity contribution in [3.63, 3.8) is 0 Å². The highest BCUT2D eigenvalue weighted by Gasteiger charge is 1.97. The number of hydrogen-bond donors (Lipinski definition) is 1.